The molecule has 0 aliphatic carbocycles. The van der Waals surface area contributed by atoms with E-state index in [0.717, 1.165) is 25.9 Å². The lowest BCUT2D eigenvalue weighted by Gasteiger charge is -2.39. The fourth-order valence-corrected chi connectivity index (χ4v) is 3.13. The molecular weight excluding hydrogens is 297 g/mol. The molecule has 0 radical (unpaired) electrons. The summed E-state index contributed by atoms with van der Waals surface area (Å²) in [5.41, 5.74) is 0.364. The van der Waals surface area contributed by atoms with Gasteiger partial charge in [-0.25, -0.2) is 0 Å². The minimum atomic E-state index is -0.164. The Balaban J connectivity index is 2.04. The van der Waals surface area contributed by atoms with Crippen LogP contribution < -0.4 is 0 Å². The minimum Gasteiger partial charge on any atom is -0.377 e. The monoisotopic (exact) mass is 315 g/mol. The van der Waals surface area contributed by atoms with Crippen LogP contribution in [0.5, 0.6) is 0 Å². The Hall–Kier alpha value is -0.610. The third-order valence-corrected chi connectivity index (χ3v) is 4.38. The summed E-state index contributed by atoms with van der Waals surface area (Å²) in [7, 11) is 1.72. The molecule has 1 aliphatic heterocycles. The van der Waals surface area contributed by atoms with Gasteiger partial charge in [-0.05, 0) is 44.5 Å². The first-order valence-corrected chi connectivity index (χ1v) is 7.45. The van der Waals surface area contributed by atoms with E-state index in [2.05, 4.69) is 11.8 Å². The summed E-state index contributed by atoms with van der Waals surface area (Å²) in [6, 6.07) is 4.98. The molecule has 1 aliphatic rings. The molecule has 0 saturated carbocycles. The molecule has 20 heavy (non-hydrogen) atoms. The van der Waals surface area contributed by atoms with E-state index in [1.165, 1.54) is 0 Å². The van der Waals surface area contributed by atoms with Crippen molar-refractivity contribution in [2.24, 2.45) is 0 Å². The number of ketones is 1. The molecule has 1 fully saturated rings. The highest BCUT2D eigenvalue weighted by Crippen LogP contribution is 2.25. The van der Waals surface area contributed by atoms with Crippen LogP contribution in [0.3, 0.4) is 0 Å². The molecule has 1 unspecified atom stereocenters. The molecule has 0 spiro atoms. The molecule has 1 heterocycles. The van der Waals surface area contributed by atoms with Crippen molar-refractivity contribution < 1.29 is 9.53 Å². The fraction of sp³-hybridized carbons (Fsp3) is 0.533. The van der Waals surface area contributed by atoms with Crippen LogP contribution in [0.15, 0.2) is 18.2 Å². The number of likely N-dealkylation sites (tertiary alicyclic amines) is 1. The topological polar surface area (TPSA) is 29.5 Å². The summed E-state index contributed by atoms with van der Waals surface area (Å²) in [4.78, 5) is 14.5. The number of carbonyl (C=O) groups is 1. The van der Waals surface area contributed by atoms with Crippen LogP contribution >= 0.6 is 23.2 Å². The fourth-order valence-electron chi connectivity index (χ4n) is 2.61. The Labute approximate surface area is 129 Å². The van der Waals surface area contributed by atoms with Crippen LogP contribution in [0.25, 0.3) is 0 Å². The van der Waals surface area contributed by atoms with Gasteiger partial charge < -0.3 is 4.74 Å². The molecule has 0 bridgehead atoms. The number of carbonyl (C=O) groups excluding carboxylic acids is 1. The first-order chi connectivity index (χ1) is 9.43. The van der Waals surface area contributed by atoms with E-state index >= 15 is 0 Å². The summed E-state index contributed by atoms with van der Waals surface area (Å²) in [6.45, 7) is 4.12. The number of rotatable bonds is 4. The van der Waals surface area contributed by atoms with Crippen molar-refractivity contribution in [3.05, 3.63) is 33.8 Å². The molecule has 1 aromatic rings. The molecule has 0 amide bonds. The summed E-state index contributed by atoms with van der Waals surface area (Å²) in [5, 5.41) is 0.950. The highest BCUT2D eigenvalue weighted by Gasteiger charge is 2.31. The van der Waals surface area contributed by atoms with Gasteiger partial charge in [-0.3, -0.25) is 9.69 Å². The van der Waals surface area contributed by atoms with Gasteiger partial charge in [0.25, 0.3) is 0 Å². The van der Waals surface area contributed by atoms with Gasteiger partial charge in [-0.15, -0.1) is 0 Å². The quantitative estimate of drug-likeness (QED) is 0.794. The number of benzene rings is 1. The summed E-state index contributed by atoms with van der Waals surface area (Å²) in [5.74, 6) is 0.0204. The normalized spacial score (nSPS) is 23.8. The van der Waals surface area contributed by atoms with E-state index in [1.807, 2.05) is 0 Å². The third-order valence-electron chi connectivity index (χ3n) is 3.83. The van der Waals surface area contributed by atoms with Crippen molar-refractivity contribution in [1.29, 1.82) is 0 Å². The van der Waals surface area contributed by atoms with Crippen molar-refractivity contribution in [2.45, 2.75) is 25.4 Å². The van der Waals surface area contributed by atoms with Gasteiger partial charge in [0.15, 0.2) is 5.78 Å². The molecule has 5 heteroatoms. The van der Waals surface area contributed by atoms with E-state index in [-0.39, 0.29) is 11.4 Å². The number of piperidine rings is 1. The highest BCUT2D eigenvalue weighted by molar-refractivity contribution is 6.36. The van der Waals surface area contributed by atoms with Crippen LogP contribution in [-0.2, 0) is 4.74 Å². The maximum atomic E-state index is 12.3. The van der Waals surface area contributed by atoms with Crippen LogP contribution in [0.4, 0.5) is 0 Å². The molecule has 2 rings (SSSR count). The Bertz CT molecular complexity index is 507. The number of Topliss-reactive ketones (excluding diaryl/α,β-unsaturated/α-hetero) is 1. The molecule has 3 nitrogen and oxygen atoms in total. The molecule has 0 aromatic heterocycles. The maximum absolute atomic E-state index is 12.3. The number of halogens is 2. The van der Waals surface area contributed by atoms with Crippen molar-refractivity contribution >= 4 is 29.0 Å². The van der Waals surface area contributed by atoms with Crippen molar-refractivity contribution in [1.82, 2.24) is 4.90 Å². The van der Waals surface area contributed by atoms with Crippen LogP contribution in [0.1, 0.15) is 30.1 Å². The van der Waals surface area contributed by atoms with E-state index in [0.29, 0.717) is 22.2 Å². The van der Waals surface area contributed by atoms with Gasteiger partial charge >= 0.3 is 0 Å². The zero-order valence-corrected chi connectivity index (χ0v) is 13.3. The third kappa shape index (κ3) is 3.73. The standard InChI is InChI=1S/C15H19Cl2NO2/c1-15(20-2)6-3-7-18(10-15)9-14(19)12-5-4-11(16)8-13(12)17/h4-5,8H,3,6-7,9-10H2,1-2H3. The zero-order valence-electron chi connectivity index (χ0n) is 11.8. The predicted molar refractivity (Wildman–Crippen MR) is 81.9 cm³/mol. The first kappa shape index (κ1) is 15.8. The van der Waals surface area contributed by atoms with Gasteiger partial charge in [-0.1, -0.05) is 23.2 Å². The second-order valence-electron chi connectivity index (χ2n) is 5.52. The summed E-state index contributed by atoms with van der Waals surface area (Å²) >= 11 is 11.9. The molecule has 1 saturated heterocycles. The Morgan fingerprint density at radius 2 is 2.20 bits per heavy atom. The Morgan fingerprint density at radius 1 is 1.45 bits per heavy atom. The van der Waals surface area contributed by atoms with Crippen molar-refractivity contribution in [2.75, 3.05) is 26.7 Å². The second-order valence-corrected chi connectivity index (χ2v) is 6.36. The van der Waals surface area contributed by atoms with Crippen molar-refractivity contribution in [3.8, 4) is 0 Å². The largest absolute Gasteiger partial charge is 0.377 e. The van der Waals surface area contributed by atoms with Crippen molar-refractivity contribution in [3.63, 3.8) is 0 Å². The van der Waals surface area contributed by atoms with E-state index in [1.54, 1.807) is 25.3 Å². The average molecular weight is 316 g/mol. The van der Waals surface area contributed by atoms with Crippen LogP contribution in [-0.4, -0.2) is 43.0 Å². The van der Waals surface area contributed by atoms with Gasteiger partial charge in [0.1, 0.15) is 0 Å². The number of methoxy groups -OCH3 is 1. The molecule has 0 N–H and O–H groups in total. The number of ether oxygens (including phenoxy) is 1. The molecular formula is C15H19Cl2NO2. The summed E-state index contributed by atoms with van der Waals surface area (Å²) in [6.07, 6.45) is 2.06. The Morgan fingerprint density at radius 3 is 2.85 bits per heavy atom. The minimum absolute atomic E-state index is 0.0204. The SMILES string of the molecule is COC1(C)CCCN(CC(=O)c2ccc(Cl)cc2Cl)C1. The highest BCUT2D eigenvalue weighted by atomic mass is 35.5. The van der Waals surface area contributed by atoms with Gasteiger partial charge in [-0.2, -0.15) is 0 Å². The Kier molecular flexibility index (Phi) is 5.08. The van der Waals surface area contributed by atoms with Crippen LogP contribution in [0, 0.1) is 0 Å². The van der Waals surface area contributed by atoms with Gasteiger partial charge in [0.2, 0.25) is 0 Å². The number of nitrogens with zero attached hydrogens (tertiary/aromatic N) is 1. The predicted octanol–water partition coefficient (Wildman–Crippen LogP) is 3.68. The summed E-state index contributed by atoms with van der Waals surface area (Å²) < 4.78 is 5.54. The van der Waals surface area contributed by atoms with Crippen LogP contribution in [0.2, 0.25) is 10.0 Å². The lowest BCUT2D eigenvalue weighted by atomic mass is 9.94. The molecule has 110 valence electrons. The van der Waals surface area contributed by atoms with E-state index < -0.39 is 0 Å². The maximum Gasteiger partial charge on any atom is 0.178 e. The number of hydrogen-bond acceptors (Lipinski definition) is 3. The lowest BCUT2D eigenvalue weighted by molar-refractivity contribution is -0.0485. The number of hydrogen-bond donors (Lipinski definition) is 0. The lowest BCUT2D eigenvalue weighted by Crippen LogP contribution is -2.48. The van der Waals surface area contributed by atoms with E-state index in [4.69, 9.17) is 27.9 Å². The zero-order chi connectivity index (χ0) is 14.8. The molecule has 1 atom stereocenters. The second kappa shape index (κ2) is 6.44. The van der Waals surface area contributed by atoms with E-state index in [9.17, 15) is 4.79 Å². The first-order valence-electron chi connectivity index (χ1n) is 6.69. The van der Waals surface area contributed by atoms with Gasteiger partial charge in [0, 0.05) is 24.2 Å². The average Bonchev–Trinajstić information content (AvgIpc) is 2.38. The van der Waals surface area contributed by atoms with Gasteiger partial charge in [0.05, 0.1) is 17.2 Å². The molecule has 1 aromatic carbocycles. The smallest absolute Gasteiger partial charge is 0.178 e.